The molecule has 2 aliphatic rings. The number of H-pyrrole nitrogens is 1. The van der Waals surface area contributed by atoms with E-state index in [1.165, 1.54) is 4.88 Å². The van der Waals surface area contributed by atoms with Crippen molar-refractivity contribution in [1.82, 2.24) is 19.8 Å². The standard InChI is InChI=1S/C21H28N4O2S/c1-2-6-19(26)25-10-4-3-8-18(25)20-22-17-14-24(13-15-7-5-12-28-15)11-9-16(17)21(27)23-20/h5,7,12,18H,2-4,6,8-11,13-14H2,1H3,(H,22,23,27)/t18-/m1/s1. The summed E-state index contributed by atoms with van der Waals surface area (Å²) in [5, 5.41) is 2.10. The Kier molecular flexibility index (Phi) is 5.92. The van der Waals surface area contributed by atoms with Crippen LogP contribution in [-0.4, -0.2) is 38.8 Å². The van der Waals surface area contributed by atoms with Crippen molar-refractivity contribution < 1.29 is 4.79 Å². The molecule has 4 heterocycles. The summed E-state index contributed by atoms with van der Waals surface area (Å²) in [5.74, 6) is 0.845. The van der Waals surface area contributed by atoms with Gasteiger partial charge < -0.3 is 9.88 Å². The largest absolute Gasteiger partial charge is 0.333 e. The Morgan fingerprint density at radius 1 is 1.36 bits per heavy atom. The number of fused-ring (bicyclic) bond motifs is 1. The molecule has 150 valence electrons. The number of carbonyl (C=O) groups is 1. The normalized spacial score (nSPS) is 20.2. The Bertz CT molecular complexity index is 877. The van der Waals surface area contributed by atoms with E-state index in [2.05, 4.69) is 27.4 Å². The highest BCUT2D eigenvalue weighted by Gasteiger charge is 2.31. The van der Waals surface area contributed by atoms with E-state index in [1.54, 1.807) is 11.3 Å². The maximum absolute atomic E-state index is 12.7. The summed E-state index contributed by atoms with van der Waals surface area (Å²) in [6, 6.07) is 4.12. The molecule has 2 aromatic heterocycles. The zero-order chi connectivity index (χ0) is 19.5. The number of rotatable bonds is 5. The van der Waals surface area contributed by atoms with Crippen LogP contribution in [0.4, 0.5) is 0 Å². The first-order valence-electron chi connectivity index (χ1n) is 10.3. The number of piperidine rings is 1. The first-order chi connectivity index (χ1) is 13.7. The number of aromatic nitrogens is 2. The molecule has 0 unspecified atom stereocenters. The number of hydrogen-bond donors (Lipinski definition) is 1. The quantitative estimate of drug-likeness (QED) is 0.837. The zero-order valence-electron chi connectivity index (χ0n) is 16.4. The second kappa shape index (κ2) is 8.57. The topological polar surface area (TPSA) is 69.3 Å². The highest BCUT2D eigenvalue weighted by Crippen LogP contribution is 2.30. The van der Waals surface area contributed by atoms with Crippen LogP contribution in [0, 0.1) is 0 Å². The van der Waals surface area contributed by atoms with Crippen LogP contribution < -0.4 is 5.56 Å². The van der Waals surface area contributed by atoms with E-state index < -0.39 is 0 Å². The molecule has 28 heavy (non-hydrogen) atoms. The van der Waals surface area contributed by atoms with Gasteiger partial charge in [-0.25, -0.2) is 4.98 Å². The summed E-state index contributed by atoms with van der Waals surface area (Å²) in [6.07, 6.45) is 5.08. The van der Waals surface area contributed by atoms with Crippen molar-refractivity contribution in [1.29, 1.82) is 0 Å². The molecule has 1 atom stereocenters. The maximum atomic E-state index is 12.7. The number of carbonyl (C=O) groups excluding carboxylic acids is 1. The molecule has 2 aliphatic heterocycles. The van der Waals surface area contributed by atoms with Crippen molar-refractivity contribution in [2.75, 3.05) is 13.1 Å². The first-order valence-corrected chi connectivity index (χ1v) is 11.2. The molecule has 1 fully saturated rings. The minimum absolute atomic E-state index is 0.0239. The molecule has 0 bridgehead atoms. The molecule has 0 radical (unpaired) electrons. The number of amides is 1. The van der Waals surface area contributed by atoms with E-state index in [4.69, 9.17) is 4.98 Å². The summed E-state index contributed by atoms with van der Waals surface area (Å²) in [7, 11) is 0. The van der Waals surface area contributed by atoms with E-state index in [0.717, 1.165) is 63.0 Å². The fourth-order valence-corrected chi connectivity index (χ4v) is 5.05. The van der Waals surface area contributed by atoms with Crippen molar-refractivity contribution in [3.05, 3.63) is 49.8 Å². The molecule has 0 aromatic carbocycles. The molecule has 0 spiro atoms. The molecular weight excluding hydrogens is 372 g/mol. The van der Waals surface area contributed by atoms with Crippen LogP contribution in [0.25, 0.3) is 0 Å². The molecule has 4 rings (SSSR count). The van der Waals surface area contributed by atoms with Crippen LogP contribution in [-0.2, 0) is 24.3 Å². The molecule has 2 aromatic rings. The predicted octanol–water partition coefficient (Wildman–Crippen LogP) is 3.24. The van der Waals surface area contributed by atoms with Crippen molar-refractivity contribution in [2.45, 2.75) is 64.6 Å². The van der Waals surface area contributed by atoms with Crippen molar-refractivity contribution in [3.8, 4) is 0 Å². The molecule has 1 N–H and O–H groups in total. The number of nitrogens with zero attached hydrogens (tertiary/aromatic N) is 3. The summed E-state index contributed by atoms with van der Waals surface area (Å²) in [5.41, 5.74) is 1.67. The van der Waals surface area contributed by atoms with Gasteiger partial charge in [0.25, 0.3) is 5.56 Å². The highest BCUT2D eigenvalue weighted by molar-refractivity contribution is 7.09. The zero-order valence-corrected chi connectivity index (χ0v) is 17.3. The Balaban J connectivity index is 1.58. The van der Waals surface area contributed by atoms with E-state index in [9.17, 15) is 9.59 Å². The number of thiophene rings is 1. The Morgan fingerprint density at radius 2 is 2.25 bits per heavy atom. The average Bonchev–Trinajstić information content (AvgIpc) is 3.21. The van der Waals surface area contributed by atoms with Gasteiger partial charge in [0.05, 0.1) is 11.7 Å². The predicted molar refractivity (Wildman–Crippen MR) is 110 cm³/mol. The van der Waals surface area contributed by atoms with Crippen LogP contribution in [0.1, 0.15) is 67.0 Å². The lowest BCUT2D eigenvalue weighted by Gasteiger charge is -2.36. The SMILES string of the molecule is CCCC(=O)N1CCCC[C@@H]1c1nc2c(c(=O)[nH]1)CCN(Cc1cccs1)C2. The minimum Gasteiger partial charge on any atom is -0.333 e. The summed E-state index contributed by atoms with van der Waals surface area (Å²) < 4.78 is 0. The molecular formula is C21H28N4O2S. The van der Waals surface area contributed by atoms with Gasteiger partial charge in [0.15, 0.2) is 0 Å². The number of aromatic amines is 1. The maximum Gasteiger partial charge on any atom is 0.254 e. The monoisotopic (exact) mass is 400 g/mol. The molecule has 6 nitrogen and oxygen atoms in total. The lowest BCUT2D eigenvalue weighted by atomic mass is 9.99. The van der Waals surface area contributed by atoms with Crippen LogP contribution in [0.5, 0.6) is 0 Å². The number of nitrogens with one attached hydrogen (secondary N) is 1. The molecule has 1 saturated heterocycles. The Hall–Kier alpha value is -1.99. The van der Waals surface area contributed by atoms with Gasteiger partial charge in [-0.2, -0.15) is 0 Å². The summed E-state index contributed by atoms with van der Waals surface area (Å²) >= 11 is 1.76. The van der Waals surface area contributed by atoms with Crippen LogP contribution in [0.15, 0.2) is 22.3 Å². The number of hydrogen-bond acceptors (Lipinski definition) is 5. The van der Waals surface area contributed by atoms with Gasteiger partial charge >= 0.3 is 0 Å². The third-order valence-corrected chi connectivity index (χ3v) is 6.59. The average molecular weight is 401 g/mol. The van der Waals surface area contributed by atoms with E-state index >= 15 is 0 Å². The van der Waals surface area contributed by atoms with Gasteiger partial charge in [0.1, 0.15) is 5.82 Å². The Labute approximate surface area is 169 Å². The van der Waals surface area contributed by atoms with Gasteiger partial charge in [-0.05, 0) is 43.6 Å². The van der Waals surface area contributed by atoms with Gasteiger partial charge in [-0.15, -0.1) is 11.3 Å². The van der Waals surface area contributed by atoms with Gasteiger partial charge in [0, 0.05) is 43.0 Å². The van der Waals surface area contributed by atoms with Crippen molar-refractivity contribution in [2.24, 2.45) is 0 Å². The van der Waals surface area contributed by atoms with Crippen LogP contribution in [0.3, 0.4) is 0 Å². The third-order valence-electron chi connectivity index (χ3n) is 5.73. The van der Waals surface area contributed by atoms with Crippen molar-refractivity contribution in [3.63, 3.8) is 0 Å². The second-order valence-corrected chi connectivity index (χ2v) is 8.80. The number of likely N-dealkylation sites (tertiary alicyclic amines) is 1. The molecule has 0 aliphatic carbocycles. The minimum atomic E-state index is -0.0986. The van der Waals surface area contributed by atoms with E-state index in [1.807, 2.05) is 11.8 Å². The third kappa shape index (κ3) is 4.05. The van der Waals surface area contributed by atoms with Crippen molar-refractivity contribution >= 4 is 17.2 Å². The smallest absolute Gasteiger partial charge is 0.254 e. The molecule has 7 heteroatoms. The van der Waals surface area contributed by atoms with Gasteiger partial charge in [0.2, 0.25) is 5.91 Å². The van der Waals surface area contributed by atoms with E-state index in [-0.39, 0.29) is 17.5 Å². The summed E-state index contributed by atoms with van der Waals surface area (Å²) in [6.45, 7) is 5.25. The lowest BCUT2D eigenvalue weighted by Crippen LogP contribution is -2.41. The molecule has 0 saturated carbocycles. The van der Waals surface area contributed by atoms with E-state index in [0.29, 0.717) is 18.8 Å². The lowest BCUT2D eigenvalue weighted by molar-refractivity contribution is -0.135. The fraction of sp³-hybridized carbons (Fsp3) is 0.571. The van der Waals surface area contributed by atoms with Crippen LogP contribution >= 0.6 is 11.3 Å². The summed E-state index contributed by atoms with van der Waals surface area (Å²) in [4.78, 5) is 38.8. The van der Waals surface area contributed by atoms with Gasteiger partial charge in [-0.3, -0.25) is 14.5 Å². The fourth-order valence-electron chi connectivity index (χ4n) is 4.30. The first kappa shape index (κ1) is 19.3. The second-order valence-electron chi connectivity index (χ2n) is 7.77. The highest BCUT2D eigenvalue weighted by atomic mass is 32.1. The Morgan fingerprint density at radius 3 is 3.04 bits per heavy atom. The molecule has 1 amide bonds. The van der Waals surface area contributed by atoms with Gasteiger partial charge in [-0.1, -0.05) is 13.0 Å². The van der Waals surface area contributed by atoms with Crippen LogP contribution in [0.2, 0.25) is 0 Å².